The van der Waals surface area contributed by atoms with E-state index < -0.39 is 0 Å². The lowest BCUT2D eigenvalue weighted by Gasteiger charge is -2.13. The van der Waals surface area contributed by atoms with Crippen molar-refractivity contribution in [3.05, 3.63) is 23.8 Å². The molecule has 7 heteroatoms. The van der Waals surface area contributed by atoms with Gasteiger partial charge in [0, 0.05) is 18.7 Å². The Morgan fingerprint density at radius 2 is 2.04 bits per heavy atom. The molecule has 23 heavy (non-hydrogen) atoms. The number of nitrogens with two attached hydrogens (primary N) is 3. The zero-order chi connectivity index (χ0) is 16.9. The molecule has 1 rings (SSSR count). The van der Waals surface area contributed by atoms with Gasteiger partial charge in [0.05, 0.1) is 13.7 Å². The Morgan fingerprint density at radius 3 is 2.74 bits per heavy atom. The molecule has 0 fully saturated rings. The van der Waals surface area contributed by atoms with Gasteiger partial charge in [-0.3, -0.25) is 4.99 Å². The first kappa shape index (κ1) is 19.1. The maximum atomic E-state index is 5.78. The van der Waals surface area contributed by atoms with Gasteiger partial charge < -0.3 is 32.0 Å². The summed E-state index contributed by atoms with van der Waals surface area (Å²) in [6, 6.07) is 5.83. The van der Waals surface area contributed by atoms with Gasteiger partial charge in [-0.1, -0.05) is 0 Å². The number of hydrogen-bond acceptors (Lipinski definition) is 5. The van der Waals surface area contributed by atoms with Crippen molar-refractivity contribution in [1.82, 2.24) is 5.32 Å². The first-order chi connectivity index (χ1) is 11.2. The molecule has 7 nitrogen and oxygen atoms in total. The number of ether oxygens (including phenoxy) is 2. The fraction of sp³-hybridized carbons (Fsp3) is 0.562. The van der Waals surface area contributed by atoms with Crippen LogP contribution in [0.2, 0.25) is 0 Å². The van der Waals surface area contributed by atoms with E-state index in [1.54, 1.807) is 7.11 Å². The first-order valence-electron chi connectivity index (χ1n) is 7.93. The number of rotatable bonds is 12. The number of methoxy groups -OCH3 is 1. The van der Waals surface area contributed by atoms with E-state index in [1.165, 1.54) is 0 Å². The predicted octanol–water partition coefficient (Wildman–Crippen LogP) is 0.566. The third kappa shape index (κ3) is 8.27. The number of aliphatic imine (C=N–C) groups is 1. The fourth-order valence-corrected chi connectivity index (χ4v) is 2.02. The molecule has 0 heterocycles. The Labute approximate surface area is 138 Å². The van der Waals surface area contributed by atoms with Gasteiger partial charge in [-0.05, 0) is 50.6 Å². The van der Waals surface area contributed by atoms with E-state index >= 15 is 0 Å². The van der Waals surface area contributed by atoms with Crippen LogP contribution in [0.15, 0.2) is 23.2 Å². The van der Waals surface area contributed by atoms with Gasteiger partial charge in [-0.2, -0.15) is 0 Å². The Kier molecular flexibility index (Phi) is 9.58. The maximum Gasteiger partial charge on any atom is 0.185 e. The average molecular weight is 323 g/mol. The minimum absolute atomic E-state index is 0.147. The van der Waals surface area contributed by atoms with Gasteiger partial charge in [0.1, 0.15) is 11.5 Å². The van der Waals surface area contributed by atoms with Crippen molar-refractivity contribution in [1.29, 1.82) is 0 Å². The number of guanidine groups is 1. The van der Waals surface area contributed by atoms with Gasteiger partial charge in [0.15, 0.2) is 5.96 Å². The first-order valence-corrected chi connectivity index (χ1v) is 7.93. The molecule has 0 aromatic heterocycles. The normalized spacial score (nSPS) is 10.3. The molecule has 130 valence electrons. The molecule has 0 unspecified atom stereocenters. The van der Waals surface area contributed by atoms with Crippen LogP contribution in [0.5, 0.6) is 11.5 Å². The van der Waals surface area contributed by atoms with Crippen molar-refractivity contribution in [2.45, 2.75) is 25.8 Å². The Morgan fingerprint density at radius 1 is 1.22 bits per heavy atom. The van der Waals surface area contributed by atoms with E-state index in [0.29, 0.717) is 19.7 Å². The van der Waals surface area contributed by atoms with E-state index in [4.69, 9.17) is 26.7 Å². The molecule has 0 bridgehead atoms. The molecule has 7 N–H and O–H groups in total. The number of nitrogens with one attached hydrogen (secondary N) is 1. The standard InChI is InChI=1S/C16H29N5O2/c1-22-14-5-6-15(23-10-4-7-17)13(11-14)12-20-8-2-3-9-21-16(18)19/h5-6,11,20H,2-4,7-10,12,17H2,1H3,(H4,18,19,21). The van der Waals surface area contributed by atoms with Crippen LogP contribution in [0, 0.1) is 0 Å². The summed E-state index contributed by atoms with van der Waals surface area (Å²) in [7, 11) is 1.66. The van der Waals surface area contributed by atoms with Crippen LogP contribution in [0.1, 0.15) is 24.8 Å². The summed E-state index contributed by atoms with van der Waals surface area (Å²) < 4.78 is 11.1. The van der Waals surface area contributed by atoms with Crippen LogP contribution in [0.4, 0.5) is 0 Å². The lowest BCUT2D eigenvalue weighted by atomic mass is 10.2. The minimum Gasteiger partial charge on any atom is -0.497 e. The lowest BCUT2D eigenvalue weighted by Crippen LogP contribution is -2.23. The molecular weight excluding hydrogens is 294 g/mol. The van der Waals surface area contributed by atoms with Crippen LogP contribution in [0.25, 0.3) is 0 Å². The van der Waals surface area contributed by atoms with E-state index in [1.807, 2.05) is 18.2 Å². The Hall–Kier alpha value is -1.99. The zero-order valence-electron chi connectivity index (χ0n) is 13.9. The molecule has 0 spiro atoms. The molecule has 0 atom stereocenters. The Balaban J connectivity index is 2.41. The monoisotopic (exact) mass is 323 g/mol. The van der Waals surface area contributed by atoms with Gasteiger partial charge in [-0.25, -0.2) is 0 Å². The molecule has 0 amide bonds. The second-order valence-electron chi connectivity index (χ2n) is 5.15. The van der Waals surface area contributed by atoms with Crippen LogP contribution in [-0.4, -0.2) is 39.3 Å². The van der Waals surface area contributed by atoms with Crippen molar-refractivity contribution in [3.63, 3.8) is 0 Å². The molecule has 0 aliphatic heterocycles. The van der Waals surface area contributed by atoms with E-state index in [0.717, 1.165) is 49.4 Å². The SMILES string of the molecule is COc1ccc(OCCCN)c(CNCCCCN=C(N)N)c1. The number of benzene rings is 1. The van der Waals surface area contributed by atoms with Gasteiger partial charge >= 0.3 is 0 Å². The lowest BCUT2D eigenvalue weighted by molar-refractivity contribution is 0.308. The highest BCUT2D eigenvalue weighted by atomic mass is 16.5. The summed E-state index contributed by atoms with van der Waals surface area (Å²) in [5, 5.41) is 3.40. The highest BCUT2D eigenvalue weighted by molar-refractivity contribution is 5.75. The summed E-state index contributed by atoms with van der Waals surface area (Å²) in [5.41, 5.74) is 17.1. The van der Waals surface area contributed by atoms with Crippen LogP contribution in [0.3, 0.4) is 0 Å². The van der Waals surface area contributed by atoms with Crippen LogP contribution < -0.4 is 32.0 Å². The third-order valence-corrected chi connectivity index (χ3v) is 3.25. The summed E-state index contributed by atoms with van der Waals surface area (Å²) in [5.74, 6) is 1.83. The topological polar surface area (TPSA) is 121 Å². The van der Waals surface area contributed by atoms with Crippen molar-refractivity contribution in [2.75, 3.05) is 33.4 Å². The van der Waals surface area contributed by atoms with E-state index in [9.17, 15) is 0 Å². The number of nitrogens with zero attached hydrogens (tertiary/aromatic N) is 1. The zero-order valence-corrected chi connectivity index (χ0v) is 13.9. The van der Waals surface area contributed by atoms with E-state index in [-0.39, 0.29) is 5.96 Å². The molecule has 0 saturated carbocycles. The molecule has 1 aromatic rings. The highest BCUT2D eigenvalue weighted by Crippen LogP contribution is 2.24. The summed E-state index contributed by atoms with van der Waals surface area (Å²) >= 11 is 0. The van der Waals surface area contributed by atoms with Crippen LogP contribution >= 0.6 is 0 Å². The second-order valence-corrected chi connectivity index (χ2v) is 5.15. The van der Waals surface area contributed by atoms with Gasteiger partial charge in [-0.15, -0.1) is 0 Å². The van der Waals surface area contributed by atoms with Crippen LogP contribution in [-0.2, 0) is 6.54 Å². The fourth-order valence-electron chi connectivity index (χ4n) is 2.02. The maximum absolute atomic E-state index is 5.78. The molecule has 0 aliphatic rings. The smallest absolute Gasteiger partial charge is 0.185 e. The average Bonchev–Trinajstić information content (AvgIpc) is 2.54. The molecule has 1 aromatic carbocycles. The van der Waals surface area contributed by atoms with Crippen molar-refractivity contribution >= 4 is 5.96 Å². The summed E-state index contributed by atoms with van der Waals surface area (Å²) in [6.07, 6.45) is 2.79. The van der Waals surface area contributed by atoms with E-state index in [2.05, 4.69) is 10.3 Å². The molecule has 0 aliphatic carbocycles. The predicted molar refractivity (Wildman–Crippen MR) is 93.8 cm³/mol. The summed E-state index contributed by atoms with van der Waals surface area (Å²) in [6.45, 7) is 3.52. The molecular formula is C16H29N5O2. The Bertz CT molecular complexity index is 476. The summed E-state index contributed by atoms with van der Waals surface area (Å²) in [4.78, 5) is 3.96. The van der Waals surface area contributed by atoms with Crippen molar-refractivity contribution < 1.29 is 9.47 Å². The third-order valence-electron chi connectivity index (χ3n) is 3.25. The highest BCUT2D eigenvalue weighted by Gasteiger charge is 2.05. The van der Waals surface area contributed by atoms with Gasteiger partial charge in [0.2, 0.25) is 0 Å². The second kappa shape index (κ2) is 11.6. The number of unbranched alkanes of at least 4 members (excludes halogenated alkanes) is 1. The minimum atomic E-state index is 0.147. The van der Waals surface area contributed by atoms with Gasteiger partial charge in [0.25, 0.3) is 0 Å². The number of hydrogen-bond donors (Lipinski definition) is 4. The van der Waals surface area contributed by atoms with Crippen molar-refractivity contribution in [2.24, 2.45) is 22.2 Å². The van der Waals surface area contributed by atoms with Crippen molar-refractivity contribution in [3.8, 4) is 11.5 Å². The quantitative estimate of drug-likeness (QED) is 0.253. The molecule has 0 saturated heterocycles. The molecule has 0 radical (unpaired) electrons. The largest absolute Gasteiger partial charge is 0.497 e.